The molecular formula is C34H42N8O2. The number of aromatic amines is 1. The van der Waals surface area contributed by atoms with Crippen molar-refractivity contribution in [1.29, 1.82) is 5.26 Å². The average Bonchev–Trinajstić information content (AvgIpc) is 3.41. The lowest BCUT2D eigenvalue weighted by Crippen LogP contribution is -2.55. The zero-order chi connectivity index (χ0) is 30.6. The zero-order valence-electron chi connectivity index (χ0n) is 26.1. The molecular weight excluding hydrogens is 552 g/mol. The van der Waals surface area contributed by atoms with E-state index in [9.17, 15) is 10.1 Å². The number of aromatic nitrogens is 3. The van der Waals surface area contributed by atoms with Crippen LogP contribution in [0.3, 0.4) is 0 Å². The van der Waals surface area contributed by atoms with E-state index in [0.717, 1.165) is 49.3 Å². The molecule has 0 radical (unpaired) electrons. The summed E-state index contributed by atoms with van der Waals surface area (Å²) in [6.45, 7) is 12.1. The molecule has 1 spiro atoms. The molecule has 2 saturated heterocycles. The van der Waals surface area contributed by atoms with Crippen LogP contribution in [-0.2, 0) is 17.8 Å². The first-order chi connectivity index (χ1) is 21.3. The van der Waals surface area contributed by atoms with Gasteiger partial charge in [-0.05, 0) is 82.5 Å². The van der Waals surface area contributed by atoms with Gasteiger partial charge < -0.3 is 29.3 Å². The fourth-order valence-corrected chi connectivity index (χ4v) is 7.65. The van der Waals surface area contributed by atoms with Crippen molar-refractivity contribution in [1.82, 2.24) is 24.8 Å². The number of likely N-dealkylation sites (N-methyl/N-ethyl adjacent to an activating group) is 1. The van der Waals surface area contributed by atoms with Crippen LogP contribution in [0.15, 0.2) is 31.0 Å². The molecule has 10 heteroatoms. The van der Waals surface area contributed by atoms with Crippen molar-refractivity contribution in [3.63, 3.8) is 0 Å². The fraction of sp³-hybridized carbons (Fsp3) is 0.529. The Morgan fingerprint density at radius 3 is 2.82 bits per heavy atom. The summed E-state index contributed by atoms with van der Waals surface area (Å²) in [6.07, 6.45) is 9.03. The van der Waals surface area contributed by atoms with Crippen LogP contribution in [0.25, 0.3) is 10.9 Å². The Kier molecular flexibility index (Phi) is 7.24. The Morgan fingerprint density at radius 2 is 2.09 bits per heavy atom. The molecule has 3 aromatic rings. The molecule has 1 N–H and O–H groups in total. The van der Waals surface area contributed by atoms with Crippen LogP contribution in [0.2, 0.25) is 0 Å². The summed E-state index contributed by atoms with van der Waals surface area (Å²) >= 11 is 0. The number of anilines is 2. The van der Waals surface area contributed by atoms with Gasteiger partial charge in [-0.25, -0.2) is 0 Å². The molecule has 0 unspecified atom stereocenters. The second-order valence-electron chi connectivity index (χ2n) is 13.1. The van der Waals surface area contributed by atoms with Crippen molar-refractivity contribution in [2.24, 2.45) is 0 Å². The molecule has 1 amide bonds. The highest BCUT2D eigenvalue weighted by Crippen LogP contribution is 2.53. The van der Waals surface area contributed by atoms with E-state index in [1.165, 1.54) is 40.3 Å². The largest absolute Gasteiger partial charge is 0.462 e. The number of fused-ring (bicyclic) bond motifs is 2. The second kappa shape index (κ2) is 11.1. The van der Waals surface area contributed by atoms with Crippen LogP contribution >= 0.6 is 0 Å². The number of likely N-dealkylation sites (tertiary alicyclic amines) is 1. The SMILES string of the molecule is C=CC(=O)N1CCN(c2nc(OC[C@@H]3CCCN3C)nc3c2CC2(CC2)N(c2c(C)c(C)cc4[nH]ccc24)C3)C[C@@H]1CC#N. The van der Waals surface area contributed by atoms with E-state index >= 15 is 0 Å². The van der Waals surface area contributed by atoms with Gasteiger partial charge in [0.2, 0.25) is 5.91 Å². The number of amides is 1. The highest BCUT2D eigenvalue weighted by atomic mass is 16.5. The van der Waals surface area contributed by atoms with E-state index in [-0.39, 0.29) is 23.9 Å². The number of hydrogen-bond acceptors (Lipinski definition) is 8. The zero-order valence-corrected chi connectivity index (χ0v) is 26.1. The smallest absolute Gasteiger partial charge is 0.318 e. The number of carbonyl (C=O) groups is 1. The molecule has 1 aromatic carbocycles. The van der Waals surface area contributed by atoms with Crippen molar-refractivity contribution >= 4 is 28.3 Å². The maximum absolute atomic E-state index is 12.6. The molecule has 2 aromatic heterocycles. The third-order valence-corrected chi connectivity index (χ3v) is 10.5. The fourth-order valence-electron chi connectivity index (χ4n) is 7.65. The highest BCUT2D eigenvalue weighted by molar-refractivity contribution is 5.96. The maximum atomic E-state index is 12.6. The minimum Gasteiger partial charge on any atom is -0.462 e. The van der Waals surface area contributed by atoms with E-state index in [4.69, 9.17) is 14.7 Å². The van der Waals surface area contributed by atoms with E-state index in [1.807, 2.05) is 6.20 Å². The average molecular weight is 595 g/mol. The molecule has 1 saturated carbocycles. The van der Waals surface area contributed by atoms with Gasteiger partial charge in [-0.15, -0.1) is 0 Å². The summed E-state index contributed by atoms with van der Waals surface area (Å²) in [7, 11) is 2.15. The number of H-pyrrole nitrogens is 1. The number of nitrogens with zero attached hydrogens (tertiary/aromatic N) is 7. The molecule has 1 aliphatic carbocycles. The lowest BCUT2D eigenvalue weighted by atomic mass is 9.92. The Bertz CT molecular complexity index is 1650. The summed E-state index contributed by atoms with van der Waals surface area (Å²) in [5.74, 6) is 0.772. The maximum Gasteiger partial charge on any atom is 0.318 e. The van der Waals surface area contributed by atoms with Crippen LogP contribution in [0.4, 0.5) is 11.5 Å². The Morgan fingerprint density at radius 1 is 1.25 bits per heavy atom. The van der Waals surface area contributed by atoms with Crippen molar-refractivity contribution in [2.75, 3.05) is 49.6 Å². The highest BCUT2D eigenvalue weighted by Gasteiger charge is 2.53. The molecule has 230 valence electrons. The van der Waals surface area contributed by atoms with Crippen molar-refractivity contribution in [3.05, 3.63) is 53.4 Å². The number of piperazine rings is 1. The molecule has 2 atom stereocenters. The monoisotopic (exact) mass is 594 g/mol. The van der Waals surface area contributed by atoms with Crippen molar-refractivity contribution in [3.8, 4) is 12.1 Å². The lowest BCUT2D eigenvalue weighted by Gasteiger charge is -2.44. The number of nitrogens with one attached hydrogen (secondary N) is 1. The van der Waals surface area contributed by atoms with Crippen molar-refractivity contribution < 1.29 is 9.53 Å². The normalized spacial score (nSPS) is 22.7. The standard InChI is InChI=1S/C34H42N8O2/c1-5-30(43)41-16-15-40(19-24(41)8-12-35)32-27-18-34(10-11-34)42(31-23(3)22(2)17-28-26(31)9-13-36-28)20-29(27)37-33(38-32)44-21-25-7-6-14-39(25)4/h5,9,13,17,24-25,36H,1,6-8,10-11,14-16,18-21H2,2-4H3/t24-,25-/m0/s1. The van der Waals surface area contributed by atoms with Gasteiger partial charge in [0.1, 0.15) is 12.4 Å². The van der Waals surface area contributed by atoms with Gasteiger partial charge in [-0.1, -0.05) is 6.58 Å². The first-order valence-corrected chi connectivity index (χ1v) is 15.9. The van der Waals surface area contributed by atoms with Gasteiger partial charge in [0, 0.05) is 60.3 Å². The van der Waals surface area contributed by atoms with E-state index in [1.54, 1.807) is 4.90 Å². The van der Waals surface area contributed by atoms with Crippen LogP contribution in [0, 0.1) is 25.2 Å². The number of nitriles is 1. The Hall–Kier alpha value is -4.10. The minimum absolute atomic E-state index is 0.0233. The number of ether oxygens (including phenoxy) is 1. The Balaban J connectivity index is 1.28. The molecule has 4 aliphatic rings. The molecule has 0 bridgehead atoms. The van der Waals surface area contributed by atoms with Gasteiger partial charge in [0.25, 0.3) is 0 Å². The lowest BCUT2D eigenvalue weighted by molar-refractivity contribution is -0.128. The van der Waals surface area contributed by atoms with E-state index in [0.29, 0.717) is 44.8 Å². The van der Waals surface area contributed by atoms with Crippen LogP contribution in [0.1, 0.15) is 54.5 Å². The summed E-state index contributed by atoms with van der Waals surface area (Å²) in [6, 6.07) is 7.27. The first-order valence-electron chi connectivity index (χ1n) is 15.9. The first kappa shape index (κ1) is 28.7. The predicted molar refractivity (Wildman–Crippen MR) is 171 cm³/mol. The number of aryl methyl sites for hydroxylation is 1. The topological polar surface area (TPSA) is 105 Å². The number of carbonyl (C=O) groups excluding carboxylic acids is 1. The van der Waals surface area contributed by atoms with Crippen LogP contribution in [0.5, 0.6) is 6.01 Å². The van der Waals surface area contributed by atoms with Crippen molar-refractivity contribution in [2.45, 2.75) is 76.5 Å². The summed E-state index contributed by atoms with van der Waals surface area (Å²) in [5, 5.41) is 10.9. The van der Waals surface area contributed by atoms with Gasteiger partial charge in [-0.2, -0.15) is 15.2 Å². The number of hydrogen-bond donors (Lipinski definition) is 1. The molecule has 3 aliphatic heterocycles. The van der Waals surface area contributed by atoms with Gasteiger partial charge in [-0.3, -0.25) is 4.79 Å². The number of rotatable bonds is 7. The van der Waals surface area contributed by atoms with Gasteiger partial charge in [0.15, 0.2) is 0 Å². The van der Waals surface area contributed by atoms with Gasteiger partial charge in [0.05, 0.1) is 36.5 Å². The number of benzene rings is 1. The third-order valence-electron chi connectivity index (χ3n) is 10.5. The van der Waals surface area contributed by atoms with E-state index in [2.05, 4.69) is 65.4 Å². The Labute approximate surface area is 259 Å². The summed E-state index contributed by atoms with van der Waals surface area (Å²) < 4.78 is 6.37. The van der Waals surface area contributed by atoms with Gasteiger partial charge >= 0.3 is 6.01 Å². The van der Waals surface area contributed by atoms with E-state index < -0.39 is 0 Å². The summed E-state index contributed by atoms with van der Waals surface area (Å²) in [4.78, 5) is 35.2. The molecule has 10 nitrogen and oxygen atoms in total. The molecule has 7 rings (SSSR count). The molecule has 5 heterocycles. The predicted octanol–water partition coefficient (Wildman–Crippen LogP) is 4.26. The molecule has 44 heavy (non-hydrogen) atoms. The summed E-state index contributed by atoms with van der Waals surface area (Å²) in [5.41, 5.74) is 7.25. The second-order valence-corrected chi connectivity index (χ2v) is 13.1. The molecule has 3 fully saturated rings. The van der Waals surface area contributed by atoms with Crippen LogP contribution < -0.4 is 14.5 Å². The quantitative estimate of drug-likeness (QED) is 0.405. The van der Waals surface area contributed by atoms with Crippen LogP contribution in [-0.4, -0.2) is 88.1 Å². The minimum atomic E-state index is -0.229. The third kappa shape index (κ3) is 4.87.